The summed E-state index contributed by atoms with van der Waals surface area (Å²) in [7, 11) is -4.78. The van der Waals surface area contributed by atoms with Crippen molar-refractivity contribution in [3.8, 4) is 0 Å². The average molecular weight is 375 g/mol. The molecule has 136 valence electrons. The van der Waals surface area contributed by atoms with E-state index in [9.17, 15) is 23.7 Å². The van der Waals surface area contributed by atoms with Crippen LogP contribution in [0.2, 0.25) is 0 Å². The van der Waals surface area contributed by atoms with E-state index in [1.165, 1.54) is 0 Å². The maximum atomic E-state index is 10.6. The van der Waals surface area contributed by atoms with E-state index >= 15 is 0 Å². The van der Waals surface area contributed by atoms with Gasteiger partial charge in [0.25, 0.3) is 0 Å². The predicted molar refractivity (Wildman–Crippen MR) is 80.9 cm³/mol. The maximum Gasteiger partial charge on any atom is 0.466 e. The largest absolute Gasteiger partial charge is 0.466 e. The topological polar surface area (TPSA) is 166 Å². The van der Waals surface area contributed by atoms with Crippen molar-refractivity contribution in [2.24, 2.45) is 11.1 Å². The summed E-state index contributed by atoms with van der Waals surface area (Å²) in [6.07, 6.45) is -5.11. The number of hydrogen-bond donors (Lipinski definition) is 5. The summed E-state index contributed by atoms with van der Waals surface area (Å²) >= 11 is 0.767. The molecule has 10 nitrogen and oxygen atoms in total. The van der Waals surface area contributed by atoms with Gasteiger partial charge in [0, 0.05) is 5.92 Å². The standard InChI is InChI=1S/C11H21NO9S2/c1-3-5(2)10(12-21-23(17,18)19)22-11-9(16)8(15)7(14)6(4-13)20-11/h5-9,11,13-16H,3-4H2,1-2H3,(H,17,18,19)/b12-10+/t5-,6-,7+,8-,9-,11-/m1/s1. The number of oxime groups is 1. The molecule has 1 heterocycles. The van der Waals surface area contributed by atoms with E-state index in [1.54, 1.807) is 13.8 Å². The normalized spacial score (nSPS) is 34.2. The van der Waals surface area contributed by atoms with Crippen molar-refractivity contribution in [2.45, 2.75) is 50.1 Å². The van der Waals surface area contributed by atoms with Gasteiger partial charge in [0.2, 0.25) is 0 Å². The first kappa shape index (κ1) is 20.6. The molecular formula is C11H21NO9S2. The first-order valence-electron chi connectivity index (χ1n) is 6.81. The van der Waals surface area contributed by atoms with Crippen molar-refractivity contribution >= 4 is 27.2 Å². The Morgan fingerprint density at radius 3 is 2.39 bits per heavy atom. The smallest absolute Gasteiger partial charge is 0.394 e. The van der Waals surface area contributed by atoms with Gasteiger partial charge < -0.3 is 25.2 Å². The minimum Gasteiger partial charge on any atom is -0.394 e. The van der Waals surface area contributed by atoms with Crippen LogP contribution in [0.5, 0.6) is 0 Å². The fraction of sp³-hybridized carbons (Fsp3) is 0.909. The third-order valence-corrected chi connectivity index (χ3v) is 4.94. The highest BCUT2D eigenvalue weighted by molar-refractivity contribution is 8.14. The molecule has 5 N–H and O–H groups in total. The Bertz CT molecular complexity index is 510. The Kier molecular flexibility index (Phi) is 7.67. The molecule has 0 aliphatic carbocycles. The van der Waals surface area contributed by atoms with Crippen LogP contribution in [0, 0.1) is 5.92 Å². The fourth-order valence-electron chi connectivity index (χ4n) is 1.77. The zero-order chi connectivity index (χ0) is 17.8. The van der Waals surface area contributed by atoms with Crippen LogP contribution in [0.25, 0.3) is 0 Å². The molecule has 1 saturated heterocycles. The lowest BCUT2D eigenvalue weighted by Gasteiger charge is -2.39. The van der Waals surface area contributed by atoms with Gasteiger partial charge in [-0.05, 0) is 6.42 Å². The van der Waals surface area contributed by atoms with Gasteiger partial charge >= 0.3 is 10.4 Å². The molecular weight excluding hydrogens is 354 g/mol. The van der Waals surface area contributed by atoms with Gasteiger partial charge in [-0.2, -0.15) is 8.42 Å². The van der Waals surface area contributed by atoms with Crippen LogP contribution >= 0.6 is 11.8 Å². The van der Waals surface area contributed by atoms with E-state index in [2.05, 4.69) is 9.44 Å². The van der Waals surface area contributed by atoms with Crippen LogP contribution in [0.15, 0.2) is 5.16 Å². The number of thioether (sulfide) groups is 1. The van der Waals surface area contributed by atoms with Crippen LogP contribution in [-0.2, 0) is 19.4 Å². The first-order valence-corrected chi connectivity index (χ1v) is 9.06. The lowest BCUT2D eigenvalue weighted by molar-refractivity contribution is -0.205. The molecule has 1 rings (SSSR count). The number of rotatable bonds is 6. The quantitative estimate of drug-likeness (QED) is 0.163. The number of nitrogens with zero attached hydrogens (tertiary/aromatic N) is 1. The fourth-order valence-corrected chi connectivity index (χ4v) is 3.21. The average Bonchev–Trinajstić information content (AvgIpc) is 2.49. The summed E-state index contributed by atoms with van der Waals surface area (Å²) in [5, 5.41) is 41.9. The van der Waals surface area contributed by atoms with Crippen LogP contribution in [0.4, 0.5) is 0 Å². The van der Waals surface area contributed by atoms with Gasteiger partial charge in [-0.3, -0.25) is 4.55 Å². The van der Waals surface area contributed by atoms with Gasteiger partial charge in [-0.15, -0.1) is 0 Å². The van der Waals surface area contributed by atoms with Crippen LogP contribution < -0.4 is 0 Å². The van der Waals surface area contributed by atoms with Gasteiger partial charge in [-0.25, -0.2) is 4.28 Å². The SMILES string of the molecule is CC[C@@H](C)/C(=N\OS(=O)(=O)O)S[C@H]1O[C@H](CO)[C@H](O)[C@@H](O)[C@H]1O. The molecule has 0 aromatic rings. The lowest BCUT2D eigenvalue weighted by atomic mass is 10.0. The van der Waals surface area contributed by atoms with Crippen LogP contribution in [0.1, 0.15) is 20.3 Å². The lowest BCUT2D eigenvalue weighted by Crippen LogP contribution is -2.57. The second-order valence-corrected chi connectivity index (χ2v) is 7.18. The van der Waals surface area contributed by atoms with E-state index in [-0.39, 0.29) is 11.0 Å². The Morgan fingerprint density at radius 1 is 1.30 bits per heavy atom. The molecule has 0 spiro atoms. The summed E-state index contributed by atoms with van der Waals surface area (Å²) in [5.41, 5.74) is -1.12. The molecule has 0 radical (unpaired) electrons. The third kappa shape index (κ3) is 5.83. The Morgan fingerprint density at radius 2 is 1.91 bits per heavy atom. The van der Waals surface area contributed by atoms with Gasteiger partial charge in [0.15, 0.2) is 0 Å². The molecule has 0 amide bonds. The van der Waals surface area contributed by atoms with E-state index in [1.807, 2.05) is 0 Å². The number of ether oxygens (including phenoxy) is 1. The molecule has 12 heteroatoms. The predicted octanol–water partition coefficient (Wildman–Crippen LogP) is -1.30. The van der Waals surface area contributed by atoms with Gasteiger partial charge in [0.1, 0.15) is 34.9 Å². The first-order chi connectivity index (χ1) is 10.6. The van der Waals surface area contributed by atoms with E-state index in [0.717, 1.165) is 11.8 Å². The molecule has 6 atom stereocenters. The van der Waals surface area contributed by atoms with E-state index < -0.39 is 46.9 Å². The number of aliphatic hydroxyl groups is 4. The molecule has 1 aliphatic heterocycles. The zero-order valence-corrected chi connectivity index (χ0v) is 14.1. The molecule has 0 aromatic carbocycles. The molecule has 0 unspecified atom stereocenters. The van der Waals surface area contributed by atoms with Crippen molar-refractivity contribution in [1.82, 2.24) is 0 Å². The monoisotopic (exact) mass is 375 g/mol. The summed E-state index contributed by atoms with van der Waals surface area (Å²) < 4.78 is 39.1. The van der Waals surface area contributed by atoms with E-state index in [4.69, 9.17) is 14.4 Å². The highest BCUT2D eigenvalue weighted by atomic mass is 32.3. The minimum absolute atomic E-state index is 0.0921. The summed E-state index contributed by atoms with van der Waals surface area (Å²) in [5.74, 6) is -0.297. The van der Waals surface area contributed by atoms with Crippen LogP contribution in [-0.4, -0.2) is 74.9 Å². The zero-order valence-electron chi connectivity index (χ0n) is 12.5. The van der Waals surface area contributed by atoms with Crippen molar-refractivity contribution in [2.75, 3.05) is 6.61 Å². The van der Waals surface area contributed by atoms with Gasteiger partial charge in [0.05, 0.1) is 6.61 Å². The third-order valence-electron chi connectivity index (χ3n) is 3.34. The second-order valence-electron chi connectivity index (χ2n) is 5.06. The Hall–Kier alpha value is -0.470. The van der Waals surface area contributed by atoms with Crippen molar-refractivity contribution in [3.05, 3.63) is 0 Å². The molecule has 0 aromatic heterocycles. The molecule has 23 heavy (non-hydrogen) atoms. The number of aliphatic hydroxyl groups excluding tert-OH is 4. The highest BCUT2D eigenvalue weighted by Gasteiger charge is 2.44. The molecule has 1 fully saturated rings. The second kappa shape index (κ2) is 8.58. The molecule has 0 saturated carbocycles. The Labute approximate surface area is 138 Å². The van der Waals surface area contributed by atoms with Crippen molar-refractivity contribution in [3.63, 3.8) is 0 Å². The van der Waals surface area contributed by atoms with Crippen LogP contribution in [0.3, 0.4) is 0 Å². The highest BCUT2D eigenvalue weighted by Crippen LogP contribution is 2.31. The van der Waals surface area contributed by atoms with E-state index in [0.29, 0.717) is 6.42 Å². The Balaban J connectivity index is 2.93. The summed E-state index contributed by atoms with van der Waals surface area (Å²) in [4.78, 5) is 0. The minimum atomic E-state index is -4.78. The van der Waals surface area contributed by atoms with Crippen molar-refractivity contribution < 1.29 is 42.4 Å². The maximum absolute atomic E-state index is 10.6. The summed E-state index contributed by atoms with van der Waals surface area (Å²) in [6, 6.07) is 0. The summed E-state index contributed by atoms with van der Waals surface area (Å²) in [6.45, 7) is 2.91. The van der Waals surface area contributed by atoms with Gasteiger partial charge in [-0.1, -0.05) is 30.8 Å². The molecule has 0 bridgehead atoms. The molecule has 1 aliphatic rings. The number of hydrogen-bond acceptors (Lipinski definition) is 10. The van der Waals surface area contributed by atoms with Crippen molar-refractivity contribution in [1.29, 1.82) is 0 Å².